The van der Waals surface area contributed by atoms with Gasteiger partial charge in [0.1, 0.15) is 11.4 Å². The summed E-state index contributed by atoms with van der Waals surface area (Å²) in [4.78, 5) is 0. The molecule has 1 N–H and O–H groups in total. The van der Waals surface area contributed by atoms with Crippen molar-refractivity contribution in [2.24, 2.45) is 17.3 Å². The maximum atomic E-state index is 11.2. The molecule has 2 heteroatoms. The Morgan fingerprint density at radius 2 is 2.08 bits per heavy atom. The molecule has 1 aromatic carbocycles. The smallest absolute Gasteiger partial charge is 0.132 e. The Hall–Kier alpha value is -1.90. The van der Waals surface area contributed by atoms with Crippen molar-refractivity contribution in [3.05, 3.63) is 29.3 Å². The summed E-state index contributed by atoms with van der Waals surface area (Å²) in [6, 6.07) is 6.58. The number of benzene rings is 1. The molecule has 0 spiro atoms. The molecule has 130 valence electrons. The summed E-state index contributed by atoms with van der Waals surface area (Å²) >= 11 is 0. The average Bonchev–Trinajstić information content (AvgIpc) is 2.91. The number of methoxy groups -OCH3 is 1. The van der Waals surface area contributed by atoms with Gasteiger partial charge in [-0.15, -0.1) is 6.42 Å². The number of terminal acetylenes is 1. The van der Waals surface area contributed by atoms with E-state index in [1.54, 1.807) is 7.11 Å². The zero-order chi connectivity index (χ0) is 17.7. The Morgan fingerprint density at radius 3 is 2.84 bits per heavy atom. The predicted octanol–water partition coefficient (Wildman–Crippen LogP) is 3.92. The van der Waals surface area contributed by atoms with Gasteiger partial charge < -0.3 is 9.84 Å². The van der Waals surface area contributed by atoms with Crippen LogP contribution in [0.15, 0.2) is 18.2 Å². The van der Waals surface area contributed by atoms with Crippen LogP contribution >= 0.6 is 0 Å². The maximum Gasteiger partial charge on any atom is 0.132 e. The molecular formula is C23H26O2. The molecule has 2 saturated carbocycles. The first-order valence-corrected chi connectivity index (χ1v) is 9.39. The highest BCUT2D eigenvalue weighted by atomic mass is 16.5. The number of aryl methyl sites for hydroxylation is 1. The van der Waals surface area contributed by atoms with E-state index in [2.05, 4.69) is 42.9 Å². The number of ether oxygens (including phenoxy) is 1. The van der Waals surface area contributed by atoms with Crippen molar-refractivity contribution in [2.75, 3.05) is 7.11 Å². The Bertz CT molecular complexity index is 793. The molecule has 0 saturated heterocycles. The number of rotatable bonds is 1. The topological polar surface area (TPSA) is 29.5 Å². The Labute approximate surface area is 151 Å². The third-order valence-corrected chi connectivity index (χ3v) is 7.43. The fraction of sp³-hybridized carbons (Fsp3) is 0.565. The Kier molecular flexibility index (Phi) is 3.86. The second-order valence-corrected chi connectivity index (χ2v) is 8.23. The fourth-order valence-corrected chi connectivity index (χ4v) is 6.05. The lowest BCUT2D eigenvalue weighted by Gasteiger charge is -2.52. The zero-order valence-electron chi connectivity index (χ0n) is 15.1. The van der Waals surface area contributed by atoms with E-state index in [-0.39, 0.29) is 5.41 Å². The molecule has 0 radical (unpaired) electrons. The van der Waals surface area contributed by atoms with Gasteiger partial charge >= 0.3 is 0 Å². The zero-order valence-corrected chi connectivity index (χ0v) is 15.1. The molecule has 0 unspecified atom stereocenters. The van der Waals surface area contributed by atoms with Gasteiger partial charge in [0.2, 0.25) is 0 Å². The summed E-state index contributed by atoms with van der Waals surface area (Å²) in [7, 11) is 1.73. The number of fused-ring (bicyclic) bond motifs is 5. The minimum Gasteiger partial charge on any atom is -0.497 e. The van der Waals surface area contributed by atoms with Gasteiger partial charge in [0, 0.05) is 5.41 Å². The molecule has 0 heterocycles. The lowest BCUT2D eigenvalue weighted by atomic mass is 9.53. The SMILES string of the molecule is C#CC#C[C@]1(O)CC[C@H]2[C@@H]3CCc4cc(OC)ccc4[C@H]3CC[C@@]21C. The number of hydrogen-bond donors (Lipinski definition) is 1. The predicted molar refractivity (Wildman–Crippen MR) is 99.2 cm³/mol. The van der Waals surface area contributed by atoms with Crippen LogP contribution in [-0.4, -0.2) is 17.8 Å². The van der Waals surface area contributed by atoms with Crippen molar-refractivity contribution in [3.8, 4) is 29.9 Å². The van der Waals surface area contributed by atoms with Gasteiger partial charge in [-0.05, 0) is 91.4 Å². The van der Waals surface area contributed by atoms with Crippen LogP contribution in [0.1, 0.15) is 56.1 Å². The third kappa shape index (κ3) is 2.32. The molecule has 0 amide bonds. The number of aliphatic hydroxyl groups is 1. The number of hydrogen-bond acceptors (Lipinski definition) is 2. The molecule has 3 aliphatic carbocycles. The molecule has 2 nitrogen and oxygen atoms in total. The molecule has 0 bridgehead atoms. The molecule has 0 aromatic heterocycles. The summed E-state index contributed by atoms with van der Waals surface area (Å²) in [5.41, 5.74) is 1.89. The van der Waals surface area contributed by atoms with Crippen molar-refractivity contribution >= 4 is 0 Å². The summed E-state index contributed by atoms with van der Waals surface area (Å²) in [5, 5.41) is 11.2. The fourth-order valence-electron chi connectivity index (χ4n) is 6.05. The highest BCUT2D eigenvalue weighted by Crippen LogP contribution is 2.64. The summed E-state index contributed by atoms with van der Waals surface area (Å²) in [6.07, 6.45) is 11.6. The minimum absolute atomic E-state index is 0.137. The Balaban J connectivity index is 1.68. The van der Waals surface area contributed by atoms with Crippen LogP contribution in [0.3, 0.4) is 0 Å². The molecule has 1 aromatic rings. The van der Waals surface area contributed by atoms with Crippen LogP contribution in [0.2, 0.25) is 0 Å². The van der Waals surface area contributed by atoms with Gasteiger partial charge in [0.15, 0.2) is 0 Å². The summed E-state index contributed by atoms with van der Waals surface area (Å²) in [6.45, 7) is 2.25. The van der Waals surface area contributed by atoms with Crippen LogP contribution < -0.4 is 4.74 Å². The van der Waals surface area contributed by atoms with Crippen molar-refractivity contribution in [2.45, 2.75) is 57.0 Å². The van der Waals surface area contributed by atoms with Crippen LogP contribution in [0.4, 0.5) is 0 Å². The van der Waals surface area contributed by atoms with Gasteiger partial charge in [-0.3, -0.25) is 0 Å². The van der Waals surface area contributed by atoms with Crippen LogP contribution in [0.25, 0.3) is 0 Å². The molecule has 4 rings (SSSR count). The first-order chi connectivity index (χ1) is 12.0. The molecular weight excluding hydrogens is 308 g/mol. The Morgan fingerprint density at radius 1 is 1.24 bits per heavy atom. The van der Waals surface area contributed by atoms with Gasteiger partial charge in [-0.25, -0.2) is 0 Å². The van der Waals surface area contributed by atoms with E-state index < -0.39 is 5.60 Å². The second-order valence-electron chi connectivity index (χ2n) is 8.23. The van der Waals surface area contributed by atoms with Gasteiger partial charge in [-0.2, -0.15) is 0 Å². The van der Waals surface area contributed by atoms with Gasteiger partial charge in [0.05, 0.1) is 7.11 Å². The third-order valence-electron chi connectivity index (χ3n) is 7.43. The molecule has 2 fully saturated rings. The standard InChI is InChI=1S/C23H26O2/c1-4-5-12-23(24)14-11-21-20-8-6-16-15-17(25-3)7-9-18(16)19(20)10-13-22(21,23)2/h1,7,9,15,19-21,24H,6,8,10-11,13-14H2,2-3H3/t19-,20-,21+,22+,23+/m1/s1. The summed E-state index contributed by atoms with van der Waals surface area (Å²) in [5.74, 6) is 10.8. The van der Waals surface area contributed by atoms with Gasteiger partial charge in [-0.1, -0.05) is 18.9 Å². The quantitative estimate of drug-likeness (QED) is 0.789. The minimum atomic E-state index is -0.921. The molecule has 5 atom stereocenters. The highest BCUT2D eigenvalue weighted by Gasteiger charge is 2.61. The molecule has 3 aliphatic rings. The van der Waals surface area contributed by atoms with Crippen molar-refractivity contribution in [1.29, 1.82) is 0 Å². The van der Waals surface area contributed by atoms with E-state index in [4.69, 9.17) is 11.2 Å². The van der Waals surface area contributed by atoms with E-state index in [1.807, 2.05) is 0 Å². The van der Waals surface area contributed by atoms with Crippen molar-refractivity contribution in [3.63, 3.8) is 0 Å². The molecule has 0 aliphatic heterocycles. The largest absolute Gasteiger partial charge is 0.497 e. The monoisotopic (exact) mass is 334 g/mol. The summed E-state index contributed by atoms with van der Waals surface area (Å²) < 4.78 is 5.40. The van der Waals surface area contributed by atoms with E-state index >= 15 is 0 Å². The van der Waals surface area contributed by atoms with Crippen LogP contribution in [0, 0.1) is 41.4 Å². The highest BCUT2D eigenvalue weighted by molar-refractivity contribution is 5.41. The normalized spacial score (nSPS) is 38.4. The van der Waals surface area contributed by atoms with E-state index in [0.717, 1.165) is 37.9 Å². The van der Waals surface area contributed by atoms with Crippen LogP contribution in [0.5, 0.6) is 5.75 Å². The van der Waals surface area contributed by atoms with Crippen molar-refractivity contribution < 1.29 is 9.84 Å². The lowest BCUT2D eigenvalue weighted by molar-refractivity contribution is -0.0647. The lowest BCUT2D eigenvalue weighted by Crippen LogP contribution is -2.50. The van der Waals surface area contributed by atoms with Gasteiger partial charge in [0.25, 0.3) is 0 Å². The van der Waals surface area contributed by atoms with E-state index in [0.29, 0.717) is 17.8 Å². The first kappa shape index (κ1) is 16.6. The van der Waals surface area contributed by atoms with Crippen LogP contribution in [-0.2, 0) is 6.42 Å². The van der Waals surface area contributed by atoms with Crippen molar-refractivity contribution in [1.82, 2.24) is 0 Å². The maximum absolute atomic E-state index is 11.2. The molecule has 25 heavy (non-hydrogen) atoms. The second kappa shape index (κ2) is 5.82. The average molecular weight is 334 g/mol. The van der Waals surface area contributed by atoms with E-state index in [1.165, 1.54) is 17.5 Å². The van der Waals surface area contributed by atoms with E-state index in [9.17, 15) is 5.11 Å². The first-order valence-electron chi connectivity index (χ1n) is 9.39.